The van der Waals surface area contributed by atoms with Crippen molar-refractivity contribution in [2.24, 2.45) is 0 Å². The number of rotatable bonds is 5. The summed E-state index contributed by atoms with van der Waals surface area (Å²) in [5.74, 6) is -1.06. The van der Waals surface area contributed by atoms with Gasteiger partial charge in [0.05, 0.1) is 0 Å². The molecular weight excluding hydrogens is 357 g/mol. The Morgan fingerprint density at radius 1 is 1.26 bits per heavy atom. The number of carbonyl (C=O) groups excluding carboxylic acids is 2. The molecule has 0 saturated heterocycles. The number of benzene rings is 1. The Morgan fingerprint density at radius 2 is 1.96 bits per heavy atom. The van der Waals surface area contributed by atoms with Crippen molar-refractivity contribution in [2.45, 2.75) is 13.0 Å². The van der Waals surface area contributed by atoms with Crippen LogP contribution in [0.3, 0.4) is 0 Å². The van der Waals surface area contributed by atoms with Crippen molar-refractivity contribution in [3.05, 3.63) is 56.7 Å². The van der Waals surface area contributed by atoms with Crippen molar-refractivity contribution in [1.29, 1.82) is 0 Å². The fourth-order valence-electron chi connectivity index (χ4n) is 1.67. The van der Waals surface area contributed by atoms with Crippen molar-refractivity contribution in [1.82, 2.24) is 0 Å². The summed E-state index contributed by atoms with van der Waals surface area (Å²) < 4.78 is 5.04. The van der Waals surface area contributed by atoms with E-state index < -0.39 is 18.0 Å². The van der Waals surface area contributed by atoms with Gasteiger partial charge in [0, 0.05) is 26.7 Å². The zero-order valence-corrected chi connectivity index (χ0v) is 14.4. The van der Waals surface area contributed by atoms with Crippen LogP contribution in [0.25, 0.3) is 6.08 Å². The summed E-state index contributed by atoms with van der Waals surface area (Å²) in [6.45, 7) is 1.48. The summed E-state index contributed by atoms with van der Waals surface area (Å²) >= 11 is 13.2. The molecule has 0 spiro atoms. The Morgan fingerprint density at radius 3 is 2.57 bits per heavy atom. The first-order chi connectivity index (χ1) is 10.9. The second-order valence-corrected chi connectivity index (χ2v) is 6.43. The van der Waals surface area contributed by atoms with E-state index in [1.807, 2.05) is 17.5 Å². The molecule has 1 aromatic heterocycles. The first-order valence-electron chi connectivity index (χ1n) is 6.63. The smallest absolute Gasteiger partial charge is 0.331 e. The topological polar surface area (TPSA) is 55.4 Å². The third-order valence-corrected chi connectivity index (χ3v) is 3.99. The normalized spacial score (nSPS) is 12.1. The molecule has 0 aliphatic heterocycles. The maximum Gasteiger partial charge on any atom is 0.331 e. The first kappa shape index (κ1) is 17.5. The lowest BCUT2D eigenvalue weighted by atomic mass is 10.3. The fraction of sp³-hybridized carbons (Fsp3) is 0.125. The van der Waals surface area contributed by atoms with E-state index in [0.717, 1.165) is 4.88 Å². The highest BCUT2D eigenvalue weighted by Crippen LogP contribution is 2.22. The summed E-state index contributed by atoms with van der Waals surface area (Å²) in [4.78, 5) is 24.6. The minimum absolute atomic E-state index is 0.399. The van der Waals surface area contributed by atoms with Gasteiger partial charge in [-0.2, -0.15) is 0 Å². The van der Waals surface area contributed by atoms with Crippen molar-refractivity contribution in [3.8, 4) is 0 Å². The van der Waals surface area contributed by atoms with Gasteiger partial charge in [-0.05, 0) is 42.6 Å². The van der Waals surface area contributed by atoms with Gasteiger partial charge in [0.1, 0.15) is 0 Å². The second-order valence-electron chi connectivity index (χ2n) is 4.58. The van der Waals surface area contributed by atoms with E-state index in [1.54, 1.807) is 24.3 Å². The Hall–Kier alpha value is -1.82. The number of hydrogen-bond acceptors (Lipinski definition) is 4. The largest absolute Gasteiger partial charge is 0.449 e. The van der Waals surface area contributed by atoms with Gasteiger partial charge >= 0.3 is 5.97 Å². The fourth-order valence-corrected chi connectivity index (χ4v) is 2.82. The van der Waals surface area contributed by atoms with Gasteiger partial charge in [-0.25, -0.2) is 4.79 Å². The van der Waals surface area contributed by atoms with Crippen LogP contribution in [0.15, 0.2) is 41.8 Å². The molecule has 120 valence electrons. The molecule has 0 aliphatic carbocycles. The molecule has 1 heterocycles. The van der Waals surface area contributed by atoms with Crippen molar-refractivity contribution >= 4 is 58.2 Å². The minimum Gasteiger partial charge on any atom is -0.449 e. The van der Waals surface area contributed by atoms with Gasteiger partial charge in [-0.15, -0.1) is 11.3 Å². The standard InChI is InChI=1S/C16H13Cl2NO3S/c1-10(22-15(20)5-4-14-3-2-6-23-14)16(21)19-13-8-11(17)7-12(18)9-13/h2-10H,1H3,(H,19,21)/b5-4+/t10-/m0/s1. The van der Waals surface area contributed by atoms with E-state index in [-0.39, 0.29) is 0 Å². The van der Waals surface area contributed by atoms with Crippen LogP contribution in [-0.2, 0) is 14.3 Å². The van der Waals surface area contributed by atoms with Crippen LogP contribution in [0.4, 0.5) is 5.69 Å². The molecule has 1 atom stereocenters. The maximum absolute atomic E-state index is 12.0. The number of ether oxygens (including phenoxy) is 1. The van der Waals surface area contributed by atoms with Crippen LogP contribution < -0.4 is 5.32 Å². The van der Waals surface area contributed by atoms with Crippen molar-refractivity contribution < 1.29 is 14.3 Å². The van der Waals surface area contributed by atoms with Gasteiger partial charge in [0.15, 0.2) is 6.10 Å². The Bertz CT molecular complexity index is 709. The number of nitrogens with one attached hydrogen (secondary N) is 1. The summed E-state index contributed by atoms with van der Waals surface area (Å²) in [5.41, 5.74) is 0.435. The number of esters is 1. The molecule has 1 N–H and O–H groups in total. The number of hydrogen-bond donors (Lipinski definition) is 1. The van der Waals surface area contributed by atoms with E-state index in [2.05, 4.69) is 5.32 Å². The zero-order valence-electron chi connectivity index (χ0n) is 12.1. The molecule has 23 heavy (non-hydrogen) atoms. The average molecular weight is 370 g/mol. The number of halogens is 2. The SMILES string of the molecule is C[C@H](OC(=O)/C=C/c1cccs1)C(=O)Nc1cc(Cl)cc(Cl)c1. The molecular formula is C16H13Cl2NO3S. The molecule has 0 fully saturated rings. The van der Waals surface area contributed by atoms with Gasteiger partial charge in [0.2, 0.25) is 0 Å². The van der Waals surface area contributed by atoms with E-state index >= 15 is 0 Å². The number of anilines is 1. The predicted octanol–water partition coefficient (Wildman–Crippen LogP) is 4.64. The Balaban J connectivity index is 1.90. The highest BCUT2D eigenvalue weighted by atomic mass is 35.5. The van der Waals surface area contributed by atoms with Crippen LogP contribution in [-0.4, -0.2) is 18.0 Å². The lowest BCUT2D eigenvalue weighted by Gasteiger charge is -2.12. The summed E-state index contributed by atoms with van der Waals surface area (Å²) in [5, 5.41) is 5.29. The third kappa shape index (κ3) is 5.71. The quantitative estimate of drug-likeness (QED) is 0.616. The molecule has 1 amide bonds. The molecule has 4 nitrogen and oxygen atoms in total. The molecule has 0 radical (unpaired) electrons. The average Bonchev–Trinajstić information content (AvgIpc) is 2.97. The van der Waals surface area contributed by atoms with E-state index in [9.17, 15) is 9.59 Å². The molecule has 0 saturated carbocycles. The molecule has 0 aliphatic rings. The van der Waals surface area contributed by atoms with E-state index in [4.69, 9.17) is 27.9 Å². The lowest BCUT2D eigenvalue weighted by Crippen LogP contribution is -2.29. The molecule has 7 heteroatoms. The lowest BCUT2D eigenvalue weighted by molar-refractivity contribution is -0.148. The zero-order chi connectivity index (χ0) is 16.8. The van der Waals surface area contributed by atoms with Gasteiger partial charge < -0.3 is 10.1 Å². The second kappa shape index (κ2) is 8.15. The third-order valence-electron chi connectivity index (χ3n) is 2.72. The predicted molar refractivity (Wildman–Crippen MR) is 94.0 cm³/mol. The van der Waals surface area contributed by atoms with E-state index in [0.29, 0.717) is 15.7 Å². The van der Waals surface area contributed by atoms with Crippen molar-refractivity contribution in [2.75, 3.05) is 5.32 Å². The van der Waals surface area contributed by atoms with Crippen LogP contribution in [0.2, 0.25) is 10.0 Å². The molecule has 0 unspecified atom stereocenters. The highest BCUT2D eigenvalue weighted by molar-refractivity contribution is 7.10. The van der Waals surface area contributed by atoms with Gasteiger partial charge in [0.25, 0.3) is 5.91 Å². The van der Waals surface area contributed by atoms with Crippen LogP contribution in [0, 0.1) is 0 Å². The monoisotopic (exact) mass is 369 g/mol. The highest BCUT2D eigenvalue weighted by Gasteiger charge is 2.17. The number of carbonyl (C=O) groups is 2. The summed E-state index contributed by atoms with van der Waals surface area (Å²) in [7, 11) is 0. The molecule has 2 aromatic rings. The number of thiophene rings is 1. The Labute approximate surface area is 147 Å². The molecule has 2 rings (SSSR count). The Kier molecular flexibility index (Phi) is 6.21. The maximum atomic E-state index is 12.0. The molecule has 1 aromatic carbocycles. The first-order valence-corrected chi connectivity index (χ1v) is 8.27. The molecule has 0 bridgehead atoms. The summed E-state index contributed by atoms with van der Waals surface area (Å²) in [6, 6.07) is 8.40. The van der Waals surface area contributed by atoms with Crippen molar-refractivity contribution in [3.63, 3.8) is 0 Å². The van der Waals surface area contributed by atoms with Gasteiger partial charge in [-0.3, -0.25) is 4.79 Å². The number of amides is 1. The van der Waals surface area contributed by atoms with Gasteiger partial charge in [-0.1, -0.05) is 29.3 Å². The van der Waals surface area contributed by atoms with Crippen LogP contribution in [0.5, 0.6) is 0 Å². The summed E-state index contributed by atoms with van der Waals surface area (Å²) in [6.07, 6.45) is 1.97. The minimum atomic E-state index is -0.951. The van der Waals surface area contributed by atoms with Crippen LogP contribution in [0.1, 0.15) is 11.8 Å². The van der Waals surface area contributed by atoms with Crippen LogP contribution >= 0.6 is 34.5 Å². The van der Waals surface area contributed by atoms with E-state index in [1.165, 1.54) is 24.3 Å².